The highest BCUT2D eigenvalue weighted by molar-refractivity contribution is 5.32. The molecule has 0 aliphatic carbocycles. The molecule has 0 atom stereocenters. The van der Waals surface area contributed by atoms with Crippen LogP contribution in [0.25, 0.3) is 0 Å². The molecular formula is C10H11FN2O. The first-order chi connectivity index (χ1) is 6.67. The summed E-state index contributed by atoms with van der Waals surface area (Å²) in [5, 5.41) is 10.0. The first-order valence-electron chi connectivity index (χ1n) is 4.11. The summed E-state index contributed by atoms with van der Waals surface area (Å²) in [7, 11) is 3.22. The fraction of sp³-hybridized carbons (Fsp3) is 0.300. The molecule has 0 amide bonds. The smallest absolute Gasteiger partial charge is 0.129 e. The van der Waals surface area contributed by atoms with Gasteiger partial charge in [0.15, 0.2) is 0 Å². The van der Waals surface area contributed by atoms with Crippen LogP contribution < -0.4 is 0 Å². The molecule has 0 bridgehead atoms. The number of halogens is 1. The van der Waals surface area contributed by atoms with Gasteiger partial charge in [0.05, 0.1) is 25.3 Å². The van der Waals surface area contributed by atoms with Gasteiger partial charge in [-0.3, -0.25) is 0 Å². The summed E-state index contributed by atoms with van der Waals surface area (Å²) in [4.78, 5) is 4.87. The van der Waals surface area contributed by atoms with Gasteiger partial charge < -0.3 is 4.84 Å². The normalized spacial score (nSPS) is 10.2. The molecule has 3 nitrogen and oxygen atoms in total. The van der Waals surface area contributed by atoms with Crippen molar-refractivity contribution in [1.29, 1.82) is 5.26 Å². The van der Waals surface area contributed by atoms with Crippen molar-refractivity contribution in [2.75, 3.05) is 14.2 Å². The van der Waals surface area contributed by atoms with E-state index in [0.29, 0.717) is 17.7 Å². The highest BCUT2D eigenvalue weighted by Crippen LogP contribution is 2.11. The summed E-state index contributed by atoms with van der Waals surface area (Å²) in [5.41, 5.74) is 0.833. The molecule has 0 aromatic heterocycles. The van der Waals surface area contributed by atoms with Crippen LogP contribution in [0.2, 0.25) is 0 Å². The number of nitrogens with zero attached hydrogens (tertiary/aromatic N) is 2. The highest BCUT2D eigenvalue weighted by Gasteiger charge is 2.05. The molecule has 0 fully saturated rings. The Morgan fingerprint density at radius 1 is 1.57 bits per heavy atom. The summed E-state index contributed by atoms with van der Waals surface area (Å²) < 4.78 is 13.3. The third kappa shape index (κ3) is 2.52. The second-order valence-electron chi connectivity index (χ2n) is 2.89. The maximum absolute atomic E-state index is 13.3. The zero-order valence-corrected chi connectivity index (χ0v) is 8.12. The van der Waals surface area contributed by atoms with E-state index in [-0.39, 0.29) is 5.82 Å². The van der Waals surface area contributed by atoms with Crippen LogP contribution >= 0.6 is 0 Å². The van der Waals surface area contributed by atoms with Gasteiger partial charge in [-0.2, -0.15) is 10.3 Å². The van der Waals surface area contributed by atoms with Crippen LogP contribution in [0.1, 0.15) is 11.1 Å². The van der Waals surface area contributed by atoms with E-state index in [2.05, 4.69) is 0 Å². The van der Waals surface area contributed by atoms with Crippen LogP contribution in [0.5, 0.6) is 0 Å². The van der Waals surface area contributed by atoms with Gasteiger partial charge in [0, 0.05) is 12.6 Å². The molecule has 0 N–H and O–H groups in total. The van der Waals surface area contributed by atoms with E-state index in [9.17, 15) is 4.39 Å². The van der Waals surface area contributed by atoms with E-state index < -0.39 is 0 Å². The highest BCUT2D eigenvalue weighted by atomic mass is 19.1. The number of nitriles is 1. The number of rotatable bonds is 3. The van der Waals surface area contributed by atoms with Gasteiger partial charge in [-0.1, -0.05) is 6.07 Å². The summed E-state index contributed by atoms with van der Waals surface area (Å²) in [6, 6.07) is 6.27. The molecule has 1 aromatic carbocycles. The maximum atomic E-state index is 13.3. The minimum atomic E-state index is -0.382. The van der Waals surface area contributed by atoms with Crippen molar-refractivity contribution in [2.24, 2.45) is 0 Å². The van der Waals surface area contributed by atoms with Gasteiger partial charge in [0.1, 0.15) is 5.82 Å². The molecule has 74 valence electrons. The summed E-state index contributed by atoms with van der Waals surface area (Å²) in [6.07, 6.45) is 0. The Hall–Kier alpha value is -1.44. The molecule has 1 rings (SSSR count). The van der Waals surface area contributed by atoms with Gasteiger partial charge in [-0.25, -0.2) is 4.39 Å². The minimum Gasteiger partial charge on any atom is -0.302 e. The topological polar surface area (TPSA) is 36.3 Å². The Bertz CT molecular complexity index is 360. The third-order valence-electron chi connectivity index (χ3n) is 1.89. The predicted molar refractivity (Wildman–Crippen MR) is 49.6 cm³/mol. The Morgan fingerprint density at radius 2 is 2.29 bits per heavy atom. The molecule has 4 heteroatoms. The van der Waals surface area contributed by atoms with Crippen LogP contribution in [0.15, 0.2) is 18.2 Å². The standard InChI is InChI=1S/C10H11FN2O/c1-13(14-2)7-9-4-3-8(6-12)5-10(9)11/h3-5H,7H2,1-2H3. The Labute approximate surface area is 82.3 Å². The quantitative estimate of drug-likeness (QED) is 0.687. The van der Waals surface area contributed by atoms with Gasteiger partial charge >= 0.3 is 0 Å². The van der Waals surface area contributed by atoms with Gasteiger partial charge in [0.2, 0.25) is 0 Å². The van der Waals surface area contributed by atoms with E-state index in [1.165, 1.54) is 18.2 Å². The minimum absolute atomic E-state index is 0.325. The van der Waals surface area contributed by atoms with E-state index >= 15 is 0 Å². The Kier molecular flexibility index (Phi) is 3.57. The fourth-order valence-electron chi connectivity index (χ4n) is 1.05. The largest absolute Gasteiger partial charge is 0.302 e. The molecule has 0 saturated heterocycles. The lowest BCUT2D eigenvalue weighted by atomic mass is 10.1. The van der Waals surface area contributed by atoms with Gasteiger partial charge in [-0.15, -0.1) is 0 Å². The van der Waals surface area contributed by atoms with Crippen molar-refractivity contribution in [3.05, 3.63) is 35.1 Å². The maximum Gasteiger partial charge on any atom is 0.129 e. The molecule has 0 unspecified atom stereocenters. The van der Waals surface area contributed by atoms with E-state index in [4.69, 9.17) is 10.1 Å². The fourth-order valence-corrected chi connectivity index (χ4v) is 1.05. The molecular weight excluding hydrogens is 183 g/mol. The van der Waals surface area contributed by atoms with Crippen molar-refractivity contribution in [3.63, 3.8) is 0 Å². The molecule has 0 aliphatic heterocycles. The van der Waals surface area contributed by atoms with Gasteiger partial charge in [0.25, 0.3) is 0 Å². The predicted octanol–water partition coefficient (Wildman–Crippen LogP) is 1.69. The molecule has 1 aromatic rings. The van der Waals surface area contributed by atoms with Crippen molar-refractivity contribution in [2.45, 2.75) is 6.54 Å². The lowest BCUT2D eigenvalue weighted by Crippen LogP contribution is -2.16. The molecule has 0 spiro atoms. The molecule has 0 radical (unpaired) electrons. The molecule has 0 heterocycles. The van der Waals surface area contributed by atoms with Crippen molar-refractivity contribution in [3.8, 4) is 6.07 Å². The number of hydrogen-bond donors (Lipinski definition) is 0. The summed E-state index contributed by atoms with van der Waals surface area (Å²) in [6.45, 7) is 0.355. The second kappa shape index (κ2) is 4.70. The summed E-state index contributed by atoms with van der Waals surface area (Å²) >= 11 is 0. The van der Waals surface area contributed by atoms with Crippen LogP contribution in [-0.4, -0.2) is 19.2 Å². The van der Waals surface area contributed by atoms with E-state index in [0.717, 1.165) is 0 Å². The van der Waals surface area contributed by atoms with Crippen molar-refractivity contribution < 1.29 is 9.23 Å². The second-order valence-corrected chi connectivity index (χ2v) is 2.89. The number of hydroxylamine groups is 2. The Morgan fingerprint density at radius 3 is 2.79 bits per heavy atom. The zero-order valence-electron chi connectivity index (χ0n) is 8.12. The van der Waals surface area contributed by atoms with Crippen LogP contribution in [0.4, 0.5) is 4.39 Å². The van der Waals surface area contributed by atoms with Crippen molar-refractivity contribution in [1.82, 2.24) is 5.06 Å². The number of benzene rings is 1. The van der Waals surface area contributed by atoms with Crippen LogP contribution in [0.3, 0.4) is 0 Å². The molecule has 14 heavy (non-hydrogen) atoms. The first kappa shape index (κ1) is 10.6. The molecule has 0 saturated carbocycles. The first-order valence-corrected chi connectivity index (χ1v) is 4.11. The molecule has 0 aliphatic rings. The summed E-state index contributed by atoms with van der Waals surface area (Å²) in [5.74, 6) is -0.382. The lowest BCUT2D eigenvalue weighted by molar-refractivity contribution is -0.117. The monoisotopic (exact) mass is 194 g/mol. The van der Waals surface area contributed by atoms with E-state index in [1.54, 1.807) is 19.2 Å². The van der Waals surface area contributed by atoms with Crippen LogP contribution in [-0.2, 0) is 11.4 Å². The Balaban J connectivity index is 2.85. The SMILES string of the molecule is CON(C)Cc1ccc(C#N)cc1F. The third-order valence-corrected chi connectivity index (χ3v) is 1.89. The van der Waals surface area contributed by atoms with E-state index in [1.807, 2.05) is 6.07 Å². The zero-order chi connectivity index (χ0) is 10.6. The lowest BCUT2D eigenvalue weighted by Gasteiger charge is -2.13. The van der Waals surface area contributed by atoms with Crippen LogP contribution in [0, 0.1) is 17.1 Å². The number of hydrogen-bond acceptors (Lipinski definition) is 3. The average molecular weight is 194 g/mol. The van der Waals surface area contributed by atoms with Gasteiger partial charge in [-0.05, 0) is 12.1 Å². The average Bonchev–Trinajstić information content (AvgIpc) is 2.20. The van der Waals surface area contributed by atoms with Crippen molar-refractivity contribution >= 4 is 0 Å².